The van der Waals surface area contributed by atoms with Crippen molar-refractivity contribution in [1.82, 2.24) is 0 Å². The van der Waals surface area contributed by atoms with E-state index in [1.807, 2.05) is 23.5 Å². The average molecular weight is 268 g/mol. The topological polar surface area (TPSA) is 20.2 Å². The van der Waals surface area contributed by atoms with E-state index in [9.17, 15) is 5.11 Å². The minimum atomic E-state index is -0.331. The summed E-state index contributed by atoms with van der Waals surface area (Å²) in [4.78, 5) is 0. The van der Waals surface area contributed by atoms with E-state index in [0.29, 0.717) is 10.5 Å². The highest BCUT2D eigenvalue weighted by atomic mass is 32.2. The van der Waals surface area contributed by atoms with E-state index in [1.165, 1.54) is 16.9 Å². The van der Waals surface area contributed by atoms with Gasteiger partial charge in [0.25, 0.3) is 0 Å². The lowest BCUT2D eigenvalue weighted by Gasteiger charge is -2.32. The third-order valence-corrected chi connectivity index (χ3v) is 6.60. The first-order valence-electron chi connectivity index (χ1n) is 6.08. The molecule has 1 N–H and O–H groups in total. The number of aryl methyl sites for hydroxylation is 2. The van der Waals surface area contributed by atoms with Crippen molar-refractivity contribution in [3.63, 3.8) is 0 Å². The van der Waals surface area contributed by atoms with Gasteiger partial charge >= 0.3 is 0 Å². The molecule has 3 heteroatoms. The second kappa shape index (κ2) is 5.68. The first-order valence-corrected chi connectivity index (χ1v) is 8.18. The van der Waals surface area contributed by atoms with Gasteiger partial charge in [0, 0.05) is 22.0 Å². The van der Waals surface area contributed by atoms with Gasteiger partial charge in [0.05, 0.1) is 6.10 Å². The van der Waals surface area contributed by atoms with E-state index in [0.717, 1.165) is 11.3 Å². The van der Waals surface area contributed by atoms with Crippen LogP contribution in [0, 0.1) is 13.8 Å². The molecule has 0 bridgehead atoms. The Balaban J connectivity index is 2.17. The van der Waals surface area contributed by atoms with E-state index in [2.05, 4.69) is 39.0 Å². The molecule has 0 aliphatic carbocycles. The third kappa shape index (κ3) is 3.01. The summed E-state index contributed by atoms with van der Waals surface area (Å²) in [5.74, 6) is 2.36. The Morgan fingerprint density at radius 2 is 1.88 bits per heavy atom. The Morgan fingerprint density at radius 3 is 2.53 bits per heavy atom. The molecular weight excluding hydrogens is 248 g/mol. The predicted octanol–water partition coefficient (Wildman–Crippen LogP) is 3.57. The molecule has 3 unspecified atom stereocenters. The van der Waals surface area contributed by atoms with Crippen LogP contribution in [0.3, 0.4) is 0 Å². The molecule has 1 aromatic rings. The lowest BCUT2D eigenvalue weighted by molar-refractivity contribution is 0.174. The van der Waals surface area contributed by atoms with Gasteiger partial charge in [-0.25, -0.2) is 0 Å². The maximum atomic E-state index is 10.5. The molecule has 1 saturated heterocycles. The monoisotopic (exact) mass is 268 g/mol. The second-order valence-electron chi connectivity index (χ2n) is 4.70. The van der Waals surface area contributed by atoms with Crippen LogP contribution in [0.15, 0.2) is 18.2 Å². The zero-order valence-electron chi connectivity index (χ0n) is 10.6. The van der Waals surface area contributed by atoms with E-state index >= 15 is 0 Å². The fraction of sp³-hybridized carbons (Fsp3) is 0.571. The molecule has 0 aromatic heterocycles. The number of benzene rings is 1. The standard InChI is InChI=1S/C14H20OS2/c1-9-4-5-12(8-10(9)2)13(15)14-11(3)16-6-7-17-14/h4-5,8,11,13-15H,6-7H2,1-3H3. The molecule has 1 aromatic carbocycles. The van der Waals surface area contributed by atoms with Gasteiger partial charge < -0.3 is 5.11 Å². The Morgan fingerprint density at radius 1 is 1.18 bits per heavy atom. The van der Waals surface area contributed by atoms with Crippen molar-refractivity contribution in [3.05, 3.63) is 34.9 Å². The maximum Gasteiger partial charge on any atom is 0.0919 e. The van der Waals surface area contributed by atoms with Crippen LogP contribution in [0.4, 0.5) is 0 Å². The lowest BCUT2D eigenvalue weighted by atomic mass is 10.00. The highest BCUT2D eigenvalue weighted by Gasteiger charge is 2.30. The van der Waals surface area contributed by atoms with E-state index in [1.54, 1.807) is 0 Å². The largest absolute Gasteiger partial charge is 0.387 e. The van der Waals surface area contributed by atoms with Crippen LogP contribution in [0.5, 0.6) is 0 Å². The van der Waals surface area contributed by atoms with E-state index < -0.39 is 0 Å². The van der Waals surface area contributed by atoms with Crippen LogP contribution in [-0.2, 0) is 0 Å². The molecule has 1 nitrogen and oxygen atoms in total. The zero-order chi connectivity index (χ0) is 12.4. The van der Waals surface area contributed by atoms with Crippen LogP contribution >= 0.6 is 23.5 Å². The molecule has 1 fully saturated rings. The van der Waals surface area contributed by atoms with Crippen molar-refractivity contribution in [2.75, 3.05) is 11.5 Å². The Labute approximate surface area is 112 Å². The number of hydrogen-bond acceptors (Lipinski definition) is 3. The second-order valence-corrected chi connectivity index (χ2v) is 7.47. The fourth-order valence-electron chi connectivity index (χ4n) is 2.13. The van der Waals surface area contributed by atoms with Gasteiger partial charge in [-0.3, -0.25) is 0 Å². The van der Waals surface area contributed by atoms with Gasteiger partial charge in [-0.2, -0.15) is 23.5 Å². The zero-order valence-corrected chi connectivity index (χ0v) is 12.3. The van der Waals surface area contributed by atoms with Gasteiger partial charge in [-0.1, -0.05) is 25.1 Å². The summed E-state index contributed by atoms with van der Waals surface area (Å²) in [7, 11) is 0. The summed E-state index contributed by atoms with van der Waals surface area (Å²) in [6.45, 7) is 6.45. The average Bonchev–Trinajstić information content (AvgIpc) is 2.32. The molecular formula is C14H20OS2. The normalized spacial score (nSPS) is 26.8. The Bertz CT molecular complexity index is 392. The number of aliphatic hydroxyl groups is 1. The SMILES string of the molecule is Cc1ccc(C(O)C2SCCSC2C)cc1C. The smallest absolute Gasteiger partial charge is 0.0919 e. The van der Waals surface area contributed by atoms with Gasteiger partial charge in [0.1, 0.15) is 0 Å². The summed E-state index contributed by atoms with van der Waals surface area (Å²) >= 11 is 3.89. The number of hydrogen-bond donors (Lipinski definition) is 1. The van der Waals surface area contributed by atoms with Crippen molar-refractivity contribution in [1.29, 1.82) is 0 Å². The van der Waals surface area contributed by atoms with Gasteiger partial charge in [-0.05, 0) is 30.5 Å². The molecule has 1 aliphatic rings. The quantitative estimate of drug-likeness (QED) is 0.885. The molecule has 94 valence electrons. The molecule has 3 atom stereocenters. The van der Waals surface area contributed by atoms with Gasteiger partial charge in [-0.15, -0.1) is 0 Å². The Hall–Kier alpha value is -0.120. The summed E-state index contributed by atoms with van der Waals surface area (Å²) < 4.78 is 0. The highest BCUT2D eigenvalue weighted by molar-refractivity contribution is 8.07. The maximum absolute atomic E-state index is 10.5. The molecule has 1 aliphatic heterocycles. The summed E-state index contributed by atoms with van der Waals surface area (Å²) in [5.41, 5.74) is 3.63. The van der Waals surface area contributed by atoms with Crippen LogP contribution in [0.25, 0.3) is 0 Å². The molecule has 0 saturated carbocycles. The molecule has 1 heterocycles. The Kier molecular flexibility index (Phi) is 4.45. The van der Waals surface area contributed by atoms with Crippen LogP contribution in [0.1, 0.15) is 29.7 Å². The molecule has 0 spiro atoms. The number of thioether (sulfide) groups is 2. The van der Waals surface area contributed by atoms with Crippen molar-refractivity contribution < 1.29 is 5.11 Å². The van der Waals surface area contributed by atoms with Crippen LogP contribution < -0.4 is 0 Å². The van der Waals surface area contributed by atoms with Crippen molar-refractivity contribution in [2.45, 2.75) is 37.4 Å². The molecule has 17 heavy (non-hydrogen) atoms. The summed E-state index contributed by atoms with van der Waals surface area (Å²) in [5, 5.41) is 11.4. The summed E-state index contributed by atoms with van der Waals surface area (Å²) in [6, 6.07) is 6.31. The van der Waals surface area contributed by atoms with Crippen molar-refractivity contribution >= 4 is 23.5 Å². The lowest BCUT2D eigenvalue weighted by Crippen LogP contribution is -2.29. The third-order valence-electron chi connectivity index (χ3n) is 3.42. The van der Waals surface area contributed by atoms with Crippen molar-refractivity contribution in [3.8, 4) is 0 Å². The van der Waals surface area contributed by atoms with Crippen LogP contribution in [-0.4, -0.2) is 27.1 Å². The highest BCUT2D eigenvalue weighted by Crippen LogP contribution is 2.38. The number of aliphatic hydroxyl groups excluding tert-OH is 1. The molecule has 0 radical (unpaired) electrons. The van der Waals surface area contributed by atoms with E-state index in [4.69, 9.17) is 0 Å². The molecule has 0 amide bonds. The number of rotatable bonds is 2. The van der Waals surface area contributed by atoms with Gasteiger partial charge in [0.2, 0.25) is 0 Å². The molecule has 2 rings (SSSR count). The van der Waals surface area contributed by atoms with Crippen LogP contribution in [0.2, 0.25) is 0 Å². The predicted molar refractivity (Wildman–Crippen MR) is 79.0 cm³/mol. The first kappa shape index (κ1) is 13.3. The van der Waals surface area contributed by atoms with Crippen molar-refractivity contribution in [2.24, 2.45) is 0 Å². The minimum Gasteiger partial charge on any atom is -0.387 e. The fourth-order valence-corrected chi connectivity index (χ4v) is 4.97. The summed E-state index contributed by atoms with van der Waals surface area (Å²) in [6.07, 6.45) is -0.331. The minimum absolute atomic E-state index is 0.329. The van der Waals surface area contributed by atoms with E-state index in [-0.39, 0.29) is 6.10 Å². The van der Waals surface area contributed by atoms with Gasteiger partial charge in [0.15, 0.2) is 0 Å². The first-order chi connectivity index (χ1) is 8.09.